The van der Waals surface area contributed by atoms with Crippen LogP contribution in [0.2, 0.25) is 0 Å². The van der Waals surface area contributed by atoms with Gasteiger partial charge in [0.05, 0.1) is 6.04 Å². The van der Waals surface area contributed by atoms with Gasteiger partial charge in [-0.1, -0.05) is 36.4 Å². The van der Waals surface area contributed by atoms with E-state index < -0.39 is 11.6 Å². The summed E-state index contributed by atoms with van der Waals surface area (Å²) < 4.78 is 26.7. The zero-order chi connectivity index (χ0) is 14.8. The molecule has 0 saturated heterocycles. The van der Waals surface area contributed by atoms with Crippen molar-refractivity contribution in [2.75, 3.05) is 5.32 Å². The molecule has 0 amide bonds. The summed E-state index contributed by atoms with van der Waals surface area (Å²) in [6, 6.07) is 17.5. The fourth-order valence-electron chi connectivity index (χ4n) is 2.46. The predicted molar refractivity (Wildman–Crippen MR) is 82.3 cm³/mol. The maximum atomic E-state index is 13.8. The first-order chi connectivity index (χ1) is 10.1. The first-order valence-corrected chi connectivity index (χ1v) is 6.84. The molecule has 0 aromatic heterocycles. The molecule has 0 fully saturated rings. The molecule has 0 bridgehead atoms. The molecule has 1 nitrogen and oxygen atoms in total. The van der Waals surface area contributed by atoms with E-state index in [-0.39, 0.29) is 6.04 Å². The molecule has 106 valence electrons. The summed E-state index contributed by atoms with van der Waals surface area (Å²) in [5.41, 5.74) is 1.36. The zero-order valence-corrected chi connectivity index (χ0v) is 11.6. The highest BCUT2D eigenvalue weighted by Crippen LogP contribution is 2.25. The lowest BCUT2D eigenvalue weighted by atomic mass is 10.1. The minimum Gasteiger partial charge on any atom is -0.378 e. The number of benzene rings is 3. The molecule has 0 spiro atoms. The van der Waals surface area contributed by atoms with Crippen LogP contribution in [0.4, 0.5) is 14.5 Å². The monoisotopic (exact) mass is 283 g/mol. The normalized spacial score (nSPS) is 12.3. The summed E-state index contributed by atoms with van der Waals surface area (Å²) in [4.78, 5) is 0. The van der Waals surface area contributed by atoms with Crippen LogP contribution in [0.15, 0.2) is 60.7 Å². The van der Waals surface area contributed by atoms with Crippen molar-refractivity contribution in [3.63, 3.8) is 0 Å². The van der Waals surface area contributed by atoms with Crippen LogP contribution in [0, 0.1) is 11.6 Å². The number of anilines is 1. The highest BCUT2D eigenvalue weighted by atomic mass is 19.1. The number of hydrogen-bond acceptors (Lipinski definition) is 1. The molecular formula is C18H15F2N. The highest BCUT2D eigenvalue weighted by molar-refractivity contribution is 5.85. The smallest absolute Gasteiger partial charge is 0.131 e. The Hall–Kier alpha value is -2.42. The van der Waals surface area contributed by atoms with Crippen molar-refractivity contribution in [3.8, 4) is 0 Å². The highest BCUT2D eigenvalue weighted by Gasteiger charge is 2.11. The molecule has 0 aliphatic carbocycles. The van der Waals surface area contributed by atoms with Crippen LogP contribution in [-0.2, 0) is 0 Å². The Labute approximate surface area is 122 Å². The Balaban J connectivity index is 1.87. The van der Waals surface area contributed by atoms with Gasteiger partial charge in [-0.25, -0.2) is 8.78 Å². The second-order valence-electron chi connectivity index (χ2n) is 5.09. The van der Waals surface area contributed by atoms with Gasteiger partial charge < -0.3 is 5.32 Å². The molecule has 3 rings (SSSR count). The first-order valence-electron chi connectivity index (χ1n) is 6.84. The van der Waals surface area contributed by atoms with E-state index in [1.165, 1.54) is 12.1 Å². The maximum absolute atomic E-state index is 13.8. The molecular weight excluding hydrogens is 268 g/mol. The number of fused-ring (bicyclic) bond motifs is 1. The standard InChI is InChI=1S/C18H15F2N/c1-12(17-9-7-15(19)11-18(17)20)21-16-8-6-13-4-2-3-5-14(13)10-16/h2-12,21H,1H3. The second kappa shape index (κ2) is 5.52. The lowest BCUT2D eigenvalue weighted by molar-refractivity contribution is 0.566. The molecule has 0 heterocycles. The molecule has 21 heavy (non-hydrogen) atoms. The van der Waals surface area contributed by atoms with Crippen LogP contribution in [0.25, 0.3) is 10.8 Å². The van der Waals surface area contributed by atoms with Gasteiger partial charge in [0.1, 0.15) is 11.6 Å². The largest absolute Gasteiger partial charge is 0.378 e. The van der Waals surface area contributed by atoms with E-state index in [0.717, 1.165) is 22.5 Å². The molecule has 3 aromatic rings. The molecule has 1 atom stereocenters. The van der Waals surface area contributed by atoms with Gasteiger partial charge in [-0.3, -0.25) is 0 Å². The number of hydrogen-bond donors (Lipinski definition) is 1. The summed E-state index contributed by atoms with van der Waals surface area (Å²) in [5.74, 6) is -1.09. The first kappa shape index (κ1) is 13.6. The quantitative estimate of drug-likeness (QED) is 0.688. The van der Waals surface area contributed by atoms with Crippen LogP contribution < -0.4 is 5.32 Å². The number of nitrogens with one attached hydrogen (secondary N) is 1. The summed E-state index contributed by atoms with van der Waals surface area (Å²) in [5, 5.41) is 5.52. The summed E-state index contributed by atoms with van der Waals surface area (Å²) in [6.07, 6.45) is 0. The van der Waals surface area contributed by atoms with Crippen molar-refractivity contribution >= 4 is 16.5 Å². The molecule has 3 heteroatoms. The molecule has 0 aliphatic heterocycles. The Kier molecular flexibility index (Phi) is 3.57. The van der Waals surface area contributed by atoms with Gasteiger partial charge in [-0.15, -0.1) is 0 Å². The molecule has 3 aromatic carbocycles. The maximum Gasteiger partial charge on any atom is 0.131 e. The molecule has 1 unspecified atom stereocenters. The van der Waals surface area contributed by atoms with Crippen molar-refractivity contribution < 1.29 is 8.78 Å². The topological polar surface area (TPSA) is 12.0 Å². The van der Waals surface area contributed by atoms with Crippen molar-refractivity contribution in [2.24, 2.45) is 0 Å². The average Bonchev–Trinajstić information content (AvgIpc) is 2.47. The third-order valence-corrected chi connectivity index (χ3v) is 3.56. The van der Waals surface area contributed by atoms with Gasteiger partial charge in [0.25, 0.3) is 0 Å². The van der Waals surface area contributed by atoms with Gasteiger partial charge >= 0.3 is 0 Å². The second-order valence-corrected chi connectivity index (χ2v) is 5.09. The third kappa shape index (κ3) is 2.87. The van der Waals surface area contributed by atoms with Gasteiger partial charge in [-0.2, -0.15) is 0 Å². The lowest BCUT2D eigenvalue weighted by Gasteiger charge is -2.17. The van der Waals surface area contributed by atoms with E-state index in [2.05, 4.69) is 5.32 Å². The number of halogens is 2. The predicted octanol–water partition coefficient (Wildman–Crippen LogP) is 5.29. The Morgan fingerprint density at radius 2 is 1.62 bits per heavy atom. The summed E-state index contributed by atoms with van der Waals surface area (Å²) in [7, 11) is 0. The van der Waals surface area contributed by atoms with Crippen molar-refractivity contribution in [3.05, 3.63) is 77.9 Å². The lowest BCUT2D eigenvalue weighted by Crippen LogP contribution is -2.08. The minimum atomic E-state index is -0.561. The van der Waals surface area contributed by atoms with Gasteiger partial charge in [-0.05, 0) is 35.9 Å². The van der Waals surface area contributed by atoms with Crippen LogP contribution in [0.3, 0.4) is 0 Å². The van der Waals surface area contributed by atoms with E-state index in [9.17, 15) is 8.78 Å². The third-order valence-electron chi connectivity index (χ3n) is 3.56. The Bertz CT molecular complexity index is 783. The number of rotatable bonds is 3. The van der Waals surface area contributed by atoms with Gasteiger partial charge in [0.2, 0.25) is 0 Å². The van der Waals surface area contributed by atoms with Gasteiger partial charge in [0, 0.05) is 17.3 Å². The Morgan fingerprint density at radius 3 is 2.38 bits per heavy atom. The molecule has 0 radical (unpaired) electrons. The van der Waals surface area contributed by atoms with E-state index in [4.69, 9.17) is 0 Å². The minimum absolute atomic E-state index is 0.244. The summed E-state index contributed by atoms with van der Waals surface area (Å²) in [6.45, 7) is 1.85. The molecule has 1 N–H and O–H groups in total. The summed E-state index contributed by atoms with van der Waals surface area (Å²) >= 11 is 0. The van der Waals surface area contributed by atoms with E-state index in [0.29, 0.717) is 5.56 Å². The van der Waals surface area contributed by atoms with Crippen molar-refractivity contribution in [1.82, 2.24) is 0 Å². The van der Waals surface area contributed by atoms with E-state index in [1.807, 2.05) is 49.4 Å². The van der Waals surface area contributed by atoms with Crippen LogP contribution in [0.1, 0.15) is 18.5 Å². The van der Waals surface area contributed by atoms with Crippen LogP contribution in [-0.4, -0.2) is 0 Å². The average molecular weight is 283 g/mol. The van der Waals surface area contributed by atoms with E-state index >= 15 is 0 Å². The van der Waals surface area contributed by atoms with Crippen molar-refractivity contribution in [1.29, 1.82) is 0 Å². The van der Waals surface area contributed by atoms with Crippen LogP contribution in [0.5, 0.6) is 0 Å². The molecule has 0 aliphatic rings. The van der Waals surface area contributed by atoms with E-state index in [1.54, 1.807) is 0 Å². The Morgan fingerprint density at radius 1 is 0.857 bits per heavy atom. The fraction of sp³-hybridized carbons (Fsp3) is 0.111. The van der Waals surface area contributed by atoms with Crippen LogP contribution >= 0.6 is 0 Å². The van der Waals surface area contributed by atoms with Gasteiger partial charge in [0.15, 0.2) is 0 Å². The molecule has 0 saturated carbocycles. The zero-order valence-electron chi connectivity index (χ0n) is 11.6. The van der Waals surface area contributed by atoms with Crippen molar-refractivity contribution in [2.45, 2.75) is 13.0 Å². The SMILES string of the molecule is CC(Nc1ccc2ccccc2c1)c1ccc(F)cc1F. The fourth-order valence-corrected chi connectivity index (χ4v) is 2.46.